The highest BCUT2D eigenvalue weighted by atomic mass is 35.5. The molecule has 256 valence electrons. The molecule has 3 atom stereocenters. The molecule has 49 heavy (non-hydrogen) atoms. The Balaban J connectivity index is 0.00000417. The van der Waals surface area contributed by atoms with Crippen LogP contribution in [-0.2, 0) is 21.8 Å². The molecule has 3 aromatic carbocycles. The normalized spacial score (nSPS) is 19.5. The molecule has 15 heteroatoms. The van der Waals surface area contributed by atoms with Crippen LogP contribution in [0.5, 0.6) is 5.75 Å². The van der Waals surface area contributed by atoms with Crippen LogP contribution >= 0.6 is 23.2 Å². The Labute approximate surface area is 299 Å². The van der Waals surface area contributed by atoms with E-state index < -0.39 is 5.79 Å². The molecule has 5 aromatic rings. The van der Waals surface area contributed by atoms with Gasteiger partial charge in [0.2, 0.25) is 12.1 Å². The van der Waals surface area contributed by atoms with Gasteiger partial charge in [0.05, 0.1) is 23.4 Å². The summed E-state index contributed by atoms with van der Waals surface area (Å²) in [5.74, 6) is -0.446. The second kappa shape index (κ2) is 14.7. The van der Waals surface area contributed by atoms with Crippen LogP contribution in [0.1, 0.15) is 31.9 Å². The fourth-order valence-corrected chi connectivity index (χ4v) is 6.42. The largest absolute Gasteiger partial charge is 1.00 e. The number of halogens is 3. The van der Waals surface area contributed by atoms with Crippen molar-refractivity contribution >= 4 is 40.9 Å². The molecule has 0 bridgehead atoms. The molecule has 0 saturated carbocycles. The van der Waals surface area contributed by atoms with Gasteiger partial charge in [0.25, 0.3) is 0 Å². The molecule has 2 aromatic heterocycles. The Kier molecular flexibility index (Phi) is 10.4. The highest BCUT2D eigenvalue weighted by molar-refractivity contribution is 6.35. The zero-order valence-corrected chi connectivity index (χ0v) is 29.2. The zero-order valence-electron chi connectivity index (χ0n) is 26.9. The Morgan fingerprint density at radius 1 is 1.04 bits per heavy atom. The summed E-state index contributed by atoms with van der Waals surface area (Å²) in [5, 5.41) is 9.48. The van der Waals surface area contributed by atoms with Crippen molar-refractivity contribution < 1.29 is 31.2 Å². The molecular formula is C34H35Cl3N8O4. The Morgan fingerprint density at radius 2 is 1.82 bits per heavy atom. The standard InChI is InChI=1S/C34H35Cl2N8O4.ClH/c1-3-24(2)44-33(45)43(22-39-44)28-7-5-26(6-8-28)40-14-15-41(23-40)27-9-11-29(12-10-27)46-17-30-18-47-34(48-30,19-42-21-37-20-38-42)31-13-4-25(35)16-32(31)36;/h4-13,16,20-24,30H,3,14-15,17-19H2,1-2H3;1H/q+1;/p-1/t24?,30-,34-;/m0./s1. The van der Waals surface area contributed by atoms with Gasteiger partial charge in [-0.05, 0) is 74.0 Å². The molecule has 4 heterocycles. The van der Waals surface area contributed by atoms with E-state index in [1.807, 2.05) is 68.4 Å². The summed E-state index contributed by atoms with van der Waals surface area (Å²) >= 11 is 12.7. The van der Waals surface area contributed by atoms with Gasteiger partial charge in [-0.2, -0.15) is 10.2 Å². The maximum atomic E-state index is 12.8. The first-order chi connectivity index (χ1) is 23.3. The number of aromatic nitrogens is 6. The van der Waals surface area contributed by atoms with E-state index >= 15 is 0 Å². The van der Waals surface area contributed by atoms with E-state index in [0.29, 0.717) is 22.2 Å². The lowest BCUT2D eigenvalue weighted by molar-refractivity contribution is -0.424. The second-order valence-electron chi connectivity index (χ2n) is 11.8. The van der Waals surface area contributed by atoms with Crippen LogP contribution in [0, 0.1) is 0 Å². The summed E-state index contributed by atoms with van der Waals surface area (Å²) in [6.45, 7) is 6.55. The smallest absolute Gasteiger partial charge is 0.350 e. The number of hydrogen-bond acceptors (Lipinski definition) is 8. The van der Waals surface area contributed by atoms with E-state index in [4.69, 9.17) is 37.4 Å². The van der Waals surface area contributed by atoms with Crippen LogP contribution in [0.4, 0.5) is 11.4 Å². The van der Waals surface area contributed by atoms with Crippen molar-refractivity contribution in [1.82, 2.24) is 29.1 Å². The molecule has 0 radical (unpaired) electrons. The number of hydrogen-bond donors (Lipinski definition) is 0. The Bertz CT molecular complexity index is 1960. The minimum atomic E-state index is -1.17. The van der Waals surface area contributed by atoms with Crippen molar-refractivity contribution in [1.29, 1.82) is 0 Å². The van der Waals surface area contributed by atoms with Gasteiger partial charge in [-0.1, -0.05) is 36.2 Å². The van der Waals surface area contributed by atoms with Gasteiger partial charge < -0.3 is 26.6 Å². The van der Waals surface area contributed by atoms with Crippen LogP contribution in [0.15, 0.2) is 90.5 Å². The van der Waals surface area contributed by atoms with Crippen molar-refractivity contribution in [2.24, 2.45) is 0 Å². The second-order valence-corrected chi connectivity index (χ2v) is 12.7. The minimum Gasteiger partial charge on any atom is -1.00 e. The number of nitrogens with zero attached hydrogens (tertiary/aromatic N) is 8. The van der Waals surface area contributed by atoms with Gasteiger partial charge in [-0.15, -0.1) is 0 Å². The maximum Gasteiger partial charge on any atom is 0.350 e. The average Bonchev–Trinajstić information content (AvgIpc) is 3.92. The lowest BCUT2D eigenvalue weighted by Crippen LogP contribution is -3.00. The van der Waals surface area contributed by atoms with Crippen molar-refractivity contribution in [2.45, 2.75) is 44.7 Å². The summed E-state index contributed by atoms with van der Waals surface area (Å²) in [6.07, 6.45) is 7.24. The molecule has 0 spiro atoms. The molecule has 0 aliphatic carbocycles. The van der Waals surface area contributed by atoms with E-state index in [1.165, 1.54) is 11.0 Å². The monoisotopic (exact) mass is 724 g/mol. The summed E-state index contributed by atoms with van der Waals surface area (Å²) < 4.78 is 25.8. The molecule has 2 aliphatic heterocycles. The highest BCUT2D eigenvalue weighted by Crippen LogP contribution is 2.40. The first-order valence-electron chi connectivity index (χ1n) is 15.8. The number of ether oxygens (including phenoxy) is 3. The first-order valence-corrected chi connectivity index (χ1v) is 16.5. The summed E-state index contributed by atoms with van der Waals surface area (Å²) in [4.78, 5) is 19.0. The Hall–Kier alpha value is -4.20. The minimum absolute atomic E-state index is 0. The lowest BCUT2D eigenvalue weighted by atomic mass is 10.1. The molecule has 2 aliphatic rings. The maximum absolute atomic E-state index is 12.8. The van der Waals surface area contributed by atoms with Crippen molar-refractivity contribution in [3.05, 3.63) is 112 Å². The van der Waals surface area contributed by atoms with E-state index in [2.05, 4.69) is 31.0 Å². The lowest BCUT2D eigenvalue weighted by Gasteiger charge is -2.29. The van der Waals surface area contributed by atoms with Crippen LogP contribution in [-0.4, -0.2) is 72.4 Å². The van der Waals surface area contributed by atoms with Gasteiger partial charge in [-0.3, -0.25) is 0 Å². The molecule has 0 N–H and O–H groups in total. The molecule has 0 amide bonds. The fraction of sp³-hybridized carbons (Fsp3) is 0.324. The van der Waals surface area contributed by atoms with E-state index in [0.717, 1.165) is 42.3 Å². The fourth-order valence-electron chi connectivity index (χ4n) is 5.87. The molecule has 1 unspecified atom stereocenters. The van der Waals surface area contributed by atoms with Crippen molar-refractivity contribution in [3.63, 3.8) is 0 Å². The van der Waals surface area contributed by atoms with Gasteiger partial charge in [0.1, 0.15) is 68.5 Å². The molecular weight excluding hydrogens is 691 g/mol. The highest BCUT2D eigenvalue weighted by Gasteiger charge is 2.45. The molecule has 7 rings (SSSR count). The van der Waals surface area contributed by atoms with Crippen LogP contribution in [0.3, 0.4) is 0 Å². The zero-order chi connectivity index (χ0) is 33.3. The SMILES string of the molecule is CCC(C)n1ncn(-c2ccc([N+]3=CN(c4ccc(OC[C@H]5CO[C@](Cn6cncn6)(c6ccc(Cl)cc6Cl)O5)cc4)CC3)cc2)c1=O.[Cl-]. The third kappa shape index (κ3) is 7.24. The van der Waals surface area contributed by atoms with Crippen LogP contribution < -0.4 is 27.7 Å². The van der Waals surface area contributed by atoms with Crippen molar-refractivity contribution in [3.8, 4) is 11.4 Å². The third-order valence-corrected chi connectivity index (χ3v) is 9.21. The predicted octanol–water partition coefficient (Wildman–Crippen LogP) is 2.45. The molecule has 12 nitrogen and oxygen atoms in total. The predicted molar refractivity (Wildman–Crippen MR) is 182 cm³/mol. The van der Waals surface area contributed by atoms with Crippen LogP contribution in [0.2, 0.25) is 10.0 Å². The molecule has 1 fully saturated rings. The summed E-state index contributed by atoms with van der Waals surface area (Å²) in [7, 11) is 0. The average molecular weight is 726 g/mol. The van der Waals surface area contributed by atoms with Gasteiger partial charge in [-0.25, -0.2) is 33.2 Å². The van der Waals surface area contributed by atoms with E-state index in [9.17, 15) is 4.79 Å². The van der Waals surface area contributed by atoms with Gasteiger partial charge in [0.15, 0.2) is 0 Å². The van der Waals surface area contributed by atoms with Crippen molar-refractivity contribution in [2.75, 3.05) is 31.2 Å². The Morgan fingerprint density at radius 3 is 2.53 bits per heavy atom. The molecule has 1 saturated heterocycles. The summed E-state index contributed by atoms with van der Waals surface area (Å²) in [5.41, 5.74) is 3.41. The van der Waals surface area contributed by atoms with E-state index in [1.54, 1.807) is 34.0 Å². The quantitative estimate of drug-likeness (QED) is 0.192. The number of rotatable bonds is 11. The topological polar surface area (TPSA) is 104 Å². The van der Waals surface area contributed by atoms with Gasteiger partial charge >= 0.3 is 5.69 Å². The summed E-state index contributed by atoms with van der Waals surface area (Å²) in [6, 6.07) is 21.2. The number of benzene rings is 3. The van der Waals surface area contributed by atoms with Crippen LogP contribution in [0.25, 0.3) is 5.69 Å². The first kappa shape index (κ1) is 34.7. The van der Waals surface area contributed by atoms with E-state index in [-0.39, 0.29) is 43.4 Å². The van der Waals surface area contributed by atoms with Gasteiger partial charge in [0, 0.05) is 10.6 Å². The number of anilines is 1. The third-order valence-electron chi connectivity index (χ3n) is 8.66.